The fourth-order valence-electron chi connectivity index (χ4n) is 2.29. The van der Waals surface area contributed by atoms with Crippen molar-refractivity contribution in [1.82, 2.24) is 5.32 Å². The van der Waals surface area contributed by atoms with Crippen molar-refractivity contribution in [3.63, 3.8) is 0 Å². The zero-order chi connectivity index (χ0) is 14.9. The molecule has 3 rings (SSSR count). The first kappa shape index (κ1) is 13.9. The van der Waals surface area contributed by atoms with Gasteiger partial charge >= 0.3 is 5.97 Å². The Morgan fingerprint density at radius 2 is 2.00 bits per heavy atom. The van der Waals surface area contributed by atoms with Crippen LogP contribution in [0.2, 0.25) is 0 Å². The van der Waals surface area contributed by atoms with E-state index >= 15 is 0 Å². The van der Waals surface area contributed by atoms with Gasteiger partial charge in [0.2, 0.25) is 0 Å². The van der Waals surface area contributed by atoms with Gasteiger partial charge in [0.15, 0.2) is 0 Å². The molecule has 5 nitrogen and oxygen atoms in total. The summed E-state index contributed by atoms with van der Waals surface area (Å²) in [4.78, 5) is 24.0. The molecule has 2 aliphatic rings. The van der Waals surface area contributed by atoms with Gasteiger partial charge in [0, 0.05) is 6.54 Å². The number of carbonyl (C=O) groups excluding carboxylic acids is 2. The lowest BCUT2D eigenvalue weighted by atomic mass is 10.1. The maximum atomic E-state index is 12.3. The Hall–Kier alpha value is -2.04. The van der Waals surface area contributed by atoms with Crippen LogP contribution in [-0.2, 0) is 9.53 Å². The van der Waals surface area contributed by atoms with Crippen LogP contribution in [0.3, 0.4) is 0 Å². The molecule has 21 heavy (non-hydrogen) atoms. The van der Waals surface area contributed by atoms with Crippen LogP contribution in [0.1, 0.15) is 36.0 Å². The second-order valence-electron chi connectivity index (χ2n) is 5.77. The van der Waals surface area contributed by atoms with Gasteiger partial charge in [0.25, 0.3) is 5.91 Å². The molecule has 2 fully saturated rings. The van der Waals surface area contributed by atoms with Crippen molar-refractivity contribution < 1.29 is 19.1 Å². The summed E-state index contributed by atoms with van der Waals surface area (Å²) in [5, 5.41) is 2.83. The van der Waals surface area contributed by atoms with Crippen molar-refractivity contribution in [2.45, 2.75) is 31.8 Å². The second kappa shape index (κ2) is 5.39. The summed E-state index contributed by atoms with van der Waals surface area (Å²) in [5.41, 5.74) is 0.00142. The predicted octanol–water partition coefficient (Wildman–Crippen LogP) is 1.91. The summed E-state index contributed by atoms with van der Waals surface area (Å²) >= 11 is 0. The summed E-state index contributed by atoms with van der Waals surface area (Å²) in [6.45, 7) is 0.316. The zero-order valence-electron chi connectivity index (χ0n) is 12.1. The third-order valence-electron chi connectivity index (χ3n) is 4.01. The molecule has 1 amide bonds. The normalized spacial score (nSPS) is 18.7. The number of hydrogen-bond donors (Lipinski definition) is 1. The average Bonchev–Trinajstić information content (AvgIpc) is 3.40. The first-order valence-corrected chi connectivity index (χ1v) is 7.27. The molecular formula is C16H19NO4. The number of benzene rings is 1. The van der Waals surface area contributed by atoms with Crippen LogP contribution in [0, 0.1) is 5.41 Å². The van der Waals surface area contributed by atoms with Crippen LogP contribution in [0.4, 0.5) is 0 Å². The Kier molecular flexibility index (Phi) is 3.57. The van der Waals surface area contributed by atoms with Crippen LogP contribution in [-0.4, -0.2) is 31.6 Å². The van der Waals surface area contributed by atoms with Gasteiger partial charge in [-0.1, -0.05) is 12.1 Å². The molecule has 0 atom stereocenters. The highest BCUT2D eigenvalue weighted by atomic mass is 16.5. The third-order valence-corrected chi connectivity index (χ3v) is 4.01. The van der Waals surface area contributed by atoms with Gasteiger partial charge in [0.05, 0.1) is 24.2 Å². The molecule has 2 saturated carbocycles. The van der Waals surface area contributed by atoms with Crippen molar-refractivity contribution in [1.29, 1.82) is 0 Å². The van der Waals surface area contributed by atoms with Gasteiger partial charge in [-0.2, -0.15) is 0 Å². The lowest BCUT2D eigenvalue weighted by Gasteiger charge is -2.15. The molecule has 1 aromatic carbocycles. The standard InChI is InChI=1S/C16H19NO4/c1-20-15(19)16(8-9-16)10-17-14(18)12-4-2-3-5-13(12)21-11-6-7-11/h2-5,11H,6-10H2,1H3,(H,17,18). The van der Waals surface area contributed by atoms with Crippen molar-refractivity contribution in [2.75, 3.05) is 13.7 Å². The van der Waals surface area contributed by atoms with E-state index in [1.54, 1.807) is 12.1 Å². The molecule has 0 heterocycles. The largest absolute Gasteiger partial charge is 0.490 e. The van der Waals surface area contributed by atoms with Gasteiger partial charge in [0.1, 0.15) is 5.75 Å². The first-order chi connectivity index (χ1) is 10.1. The molecule has 0 radical (unpaired) electrons. The molecule has 0 aromatic heterocycles. The lowest BCUT2D eigenvalue weighted by molar-refractivity contribution is -0.146. The number of nitrogens with one attached hydrogen (secondary N) is 1. The Morgan fingerprint density at radius 3 is 2.62 bits per heavy atom. The molecule has 0 unspecified atom stereocenters. The van der Waals surface area contributed by atoms with E-state index in [4.69, 9.17) is 9.47 Å². The smallest absolute Gasteiger partial charge is 0.313 e. The van der Waals surface area contributed by atoms with E-state index in [2.05, 4.69) is 5.32 Å². The van der Waals surface area contributed by atoms with Gasteiger partial charge in [-0.25, -0.2) is 0 Å². The number of carbonyl (C=O) groups is 2. The van der Waals surface area contributed by atoms with E-state index < -0.39 is 5.41 Å². The van der Waals surface area contributed by atoms with Crippen LogP contribution >= 0.6 is 0 Å². The van der Waals surface area contributed by atoms with Crippen molar-refractivity contribution in [2.24, 2.45) is 5.41 Å². The molecular weight excluding hydrogens is 270 g/mol. The van der Waals surface area contributed by atoms with Crippen molar-refractivity contribution in [3.8, 4) is 5.75 Å². The molecule has 0 aliphatic heterocycles. The minimum absolute atomic E-state index is 0.207. The first-order valence-electron chi connectivity index (χ1n) is 7.27. The fraction of sp³-hybridized carbons (Fsp3) is 0.500. The quantitative estimate of drug-likeness (QED) is 0.813. The Labute approximate surface area is 123 Å². The van der Waals surface area contributed by atoms with E-state index in [1.807, 2.05) is 12.1 Å². The van der Waals surface area contributed by atoms with Crippen LogP contribution < -0.4 is 10.1 Å². The van der Waals surface area contributed by atoms with Crippen molar-refractivity contribution in [3.05, 3.63) is 29.8 Å². The number of methoxy groups -OCH3 is 1. The number of ether oxygens (including phenoxy) is 2. The van der Waals surface area contributed by atoms with E-state index in [0.29, 0.717) is 17.9 Å². The van der Waals surface area contributed by atoms with Gasteiger partial charge < -0.3 is 14.8 Å². The van der Waals surface area contributed by atoms with E-state index in [9.17, 15) is 9.59 Å². The van der Waals surface area contributed by atoms with E-state index in [-0.39, 0.29) is 18.0 Å². The topological polar surface area (TPSA) is 64.6 Å². The number of esters is 1. The van der Waals surface area contributed by atoms with Crippen LogP contribution in [0.25, 0.3) is 0 Å². The molecule has 1 N–H and O–H groups in total. The third kappa shape index (κ3) is 3.01. The lowest BCUT2D eigenvalue weighted by Crippen LogP contribution is -2.35. The highest BCUT2D eigenvalue weighted by Gasteiger charge is 2.51. The Bertz CT molecular complexity index is 561. The summed E-state index contributed by atoms with van der Waals surface area (Å²) in [5.74, 6) is 0.159. The second-order valence-corrected chi connectivity index (χ2v) is 5.77. The molecule has 0 saturated heterocycles. The Balaban J connectivity index is 1.64. The highest BCUT2D eigenvalue weighted by Crippen LogP contribution is 2.46. The van der Waals surface area contributed by atoms with Crippen molar-refractivity contribution >= 4 is 11.9 Å². The molecule has 0 bridgehead atoms. The molecule has 5 heteroatoms. The number of hydrogen-bond acceptors (Lipinski definition) is 4. The number of rotatable bonds is 6. The van der Waals surface area contributed by atoms with Crippen LogP contribution in [0.15, 0.2) is 24.3 Å². The predicted molar refractivity (Wildman–Crippen MR) is 76.1 cm³/mol. The summed E-state index contributed by atoms with van der Waals surface area (Å²) in [6.07, 6.45) is 3.85. The monoisotopic (exact) mass is 289 g/mol. The maximum absolute atomic E-state index is 12.3. The molecule has 1 aromatic rings. The average molecular weight is 289 g/mol. The van der Waals surface area contributed by atoms with E-state index in [1.165, 1.54) is 7.11 Å². The highest BCUT2D eigenvalue weighted by molar-refractivity contribution is 5.97. The summed E-state index contributed by atoms with van der Waals surface area (Å²) < 4.78 is 10.5. The zero-order valence-corrected chi connectivity index (χ0v) is 12.1. The van der Waals surface area contributed by atoms with Crippen LogP contribution in [0.5, 0.6) is 5.75 Å². The van der Waals surface area contributed by atoms with Gasteiger partial charge in [-0.15, -0.1) is 0 Å². The molecule has 112 valence electrons. The fourth-order valence-corrected chi connectivity index (χ4v) is 2.29. The maximum Gasteiger partial charge on any atom is 0.313 e. The summed E-state index contributed by atoms with van der Waals surface area (Å²) in [7, 11) is 1.38. The number of para-hydroxylation sites is 1. The van der Waals surface area contributed by atoms with E-state index in [0.717, 1.165) is 25.7 Å². The van der Waals surface area contributed by atoms with Gasteiger partial charge in [-0.05, 0) is 37.8 Å². The SMILES string of the molecule is COC(=O)C1(CNC(=O)c2ccccc2OC2CC2)CC1. The summed E-state index contributed by atoms with van der Waals surface area (Å²) in [6, 6.07) is 7.21. The molecule has 2 aliphatic carbocycles. The minimum atomic E-state index is -0.517. The minimum Gasteiger partial charge on any atom is -0.490 e. The Morgan fingerprint density at radius 1 is 1.29 bits per heavy atom. The molecule has 0 spiro atoms. The number of amides is 1. The van der Waals surface area contributed by atoms with Gasteiger partial charge in [-0.3, -0.25) is 9.59 Å².